The van der Waals surface area contributed by atoms with E-state index < -0.39 is 6.09 Å². The molecule has 4 amide bonds. The Morgan fingerprint density at radius 2 is 2.13 bits per heavy atom. The Bertz CT molecular complexity index is 1070. The molecule has 1 unspecified atom stereocenters. The Balaban J connectivity index is 1.39. The smallest absolute Gasteiger partial charge is 0.399 e. The fraction of sp³-hybridized carbons (Fsp3) is 0.318. The minimum absolute atomic E-state index is 0.0843. The van der Waals surface area contributed by atoms with Gasteiger partial charge in [-0.25, -0.2) is 9.59 Å². The minimum atomic E-state index is -0.618. The molecule has 0 spiro atoms. The number of hydrogen-bond acceptors (Lipinski definition) is 5. The van der Waals surface area contributed by atoms with Crippen LogP contribution in [0.5, 0.6) is 5.06 Å². The van der Waals surface area contributed by atoms with Gasteiger partial charge in [-0.15, -0.1) is 6.42 Å². The topological polar surface area (TPSA) is 91.0 Å². The molecule has 0 saturated carbocycles. The van der Waals surface area contributed by atoms with Crippen molar-refractivity contribution in [1.29, 1.82) is 0 Å². The molecule has 1 aromatic heterocycles. The molecule has 2 aromatic rings. The molecule has 31 heavy (non-hydrogen) atoms. The highest BCUT2D eigenvalue weighted by atomic mass is 32.1. The van der Waals surface area contributed by atoms with Crippen molar-refractivity contribution in [3.63, 3.8) is 0 Å². The molecule has 4 rings (SSSR count). The molecule has 2 aliphatic rings. The van der Waals surface area contributed by atoms with E-state index in [9.17, 15) is 14.4 Å². The van der Waals surface area contributed by atoms with Crippen molar-refractivity contribution >= 4 is 40.7 Å². The van der Waals surface area contributed by atoms with Gasteiger partial charge in [-0.3, -0.25) is 9.69 Å². The summed E-state index contributed by atoms with van der Waals surface area (Å²) in [6.07, 6.45) is 5.77. The second kappa shape index (κ2) is 8.70. The van der Waals surface area contributed by atoms with E-state index in [2.05, 4.69) is 16.6 Å². The molecule has 0 aliphatic carbocycles. The van der Waals surface area contributed by atoms with Gasteiger partial charge >= 0.3 is 12.1 Å². The molecule has 1 atom stereocenters. The lowest BCUT2D eigenvalue weighted by molar-refractivity contribution is -0.117. The van der Waals surface area contributed by atoms with Crippen LogP contribution in [-0.4, -0.2) is 43.7 Å². The molecule has 160 valence electrons. The van der Waals surface area contributed by atoms with Gasteiger partial charge in [-0.2, -0.15) is 0 Å². The molecule has 2 aliphatic heterocycles. The van der Waals surface area contributed by atoms with Crippen molar-refractivity contribution < 1.29 is 19.1 Å². The Hall–Kier alpha value is -3.51. The van der Waals surface area contributed by atoms with Gasteiger partial charge in [0.15, 0.2) is 5.06 Å². The van der Waals surface area contributed by atoms with Gasteiger partial charge in [0.05, 0.1) is 10.9 Å². The van der Waals surface area contributed by atoms with Crippen LogP contribution in [0.3, 0.4) is 0 Å². The average molecular weight is 439 g/mol. The second-order valence-electron chi connectivity index (χ2n) is 7.41. The number of nitrogens with one attached hydrogen (secondary N) is 2. The van der Waals surface area contributed by atoms with Crippen LogP contribution in [-0.2, 0) is 4.79 Å². The van der Waals surface area contributed by atoms with Crippen molar-refractivity contribution in [2.24, 2.45) is 0 Å². The third-order valence-corrected chi connectivity index (χ3v) is 6.12. The number of ether oxygens (including phenoxy) is 1. The molecule has 2 N–H and O–H groups in total. The van der Waals surface area contributed by atoms with Crippen LogP contribution in [0.2, 0.25) is 0 Å². The van der Waals surface area contributed by atoms with Gasteiger partial charge in [0.25, 0.3) is 0 Å². The number of urea groups is 1. The highest BCUT2D eigenvalue weighted by molar-refractivity contribution is 7.14. The van der Waals surface area contributed by atoms with Crippen LogP contribution in [0.15, 0.2) is 30.3 Å². The zero-order valence-corrected chi connectivity index (χ0v) is 17.8. The fourth-order valence-corrected chi connectivity index (χ4v) is 4.43. The van der Waals surface area contributed by atoms with E-state index in [1.165, 1.54) is 11.3 Å². The number of carbonyl (C=O) groups is 3. The third-order valence-electron chi connectivity index (χ3n) is 5.23. The molecule has 8 nitrogen and oxygen atoms in total. The molecule has 2 fully saturated rings. The first-order chi connectivity index (χ1) is 14.9. The highest BCUT2D eigenvalue weighted by Crippen LogP contribution is 2.29. The van der Waals surface area contributed by atoms with Crippen LogP contribution in [0.25, 0.3) is 0 Å². The summed E-state index contributed by atoms with van der Waals surface area (Å²) in [5.74, 6) is 2.40. The number of amides is 4. The standard InChI is InChI=1S/C22H22N4O4S/c1-3-17-6-8-20(31-17)30-22(29)24-15-12-19(27)26(13-15)16-5-7-18(14(2)11-16)25-10-4-9-23-21(25)28/h1,5-8,11,15H,4,9-10,12-13H2,2H3,(H,23,28)(H,24,29). The molecular formula is C22H22N4O4S. The number of carbonyl (C=O) groups excluding carboxylic acids is 3. The predicted molar refractivity (Wildman–Crippen MR) is 119 cm³/mol. The van der Waals surface area contributed by atoms with Gasteiger partial charge < -0.3 is 20.3 Å². The summed E-state index contributed by atoms with van der Waals surface area (Å²) in [6.45, 7) is 3.61. The summed E-state index contributed by atoms with van der Waals surface area (Å²) in [4.78, 5) is 40.9. The molecule has 2 saturated heterocycles. The highest BCUT2D eigenvalue weighted by Gasteiger charge is 2.32. The lowest BCUT2D eigenvalue weighted by Crippen LogP contribution is -2.46. The van der Waals surface area contributed by atoms with E-state index in [1.807, 2.05) is 25.1 Å². The summed E-state index contributed by atoms with van der Waals surface area (Å²) in [5.41, 5.74) is 2.46. The first kappa shape index (κ1) is 20.8. The van der Waals surface area contributed by atoms with Crippen LogP contribution in [0.4, 0.5) is 21.0 Å². The molecule has 3 heterocycles. The Kier molecular flexibility index (Phi) is 5.82. The second-order valence-corrected chi connectivity index (χ2v) is 8.46. The monoisotopic (exact) mass is 438 g/mol. The minimum Gasteiger partial charge on any atom is -0.399 e. The summed E-state index contributed by atoms with van der Waals surface area (Å²) in [6, 6.07) is 8.45. The van der Waals surface area contributed by atoms with Crippen molar-refractivity contribution in [3.8, 4) is 17.4 Å². The number of nitrogens with zero attached hydrogens (tertiary/aromatic N) is 2. The molecule has 1 aromatic carbocycles. The van der Waals surface area contributed by atoms with Crippen LogP contribution >= 0.6 is 11.3 Å². The van der Waals surface area contributed by atoms with Gasteiger partial charge in [0.1, 0.15) is 0 Å². The lowest BCUT2D eigenvalue weighted by atomic mass is 10.1. The number of thiophene rings is 1. The zero-order chi connectivity index (χ0) is 22.0. The third kappa shape index (κ3) is 4.49. The predicted octanol–water partition coefficient (Wildman–Crippen LogP) is 2.85. The van der Waals surface area contributed by atoms with E-state index in [1.54, 1.807) is 21.9 Å². The fourth-order valence-electron chi connectivity index (χ4n) is 3.76. The van der Waals surface area contributed by atoms with Crippen LogP contribution < -0.4 is 25.2 Å². The molecule has 0 radical (unpaired) electrons. The van der Waals surface area contributed by atoms with Gasteiger partial charge in [-0.1, -0.05) is 17.3 Å². The number of hydrogen-bond donors (Lipinski definition) is 2. The first-order valence-corrected chi connectivity index (χ1v) is 10.8. The molecular weight excluding hydrogens is 416 g/mol. The number of anilines is 2. The Labute approximate surface area is 184 Å². The maximum atomic E-state index is 12.6. The van der Waals surface area contributed by atoms with E-state index >= 15 is 0 Å². The van der Waals surface area contributed by atoms with Crippen LogP contribution in [0, 0.1) is 19.3 Å². The Morgan fingerprint density at radius 1 is 1.29 bits per heavy atom. The number of terminal acetylenes is 1. The largest absolute Gasteiger partial charge is 0.413 e. The average Bonchev–Trinajstić information content (AvgIpc) is 3.34. The quantitative estimate of drug-likeness (QED) is 0.719. The molecule has 9 heteroatoms. The van der Waals surface area contributed by atoms with Crippen molar-refractivity contribution in [1.82, 2.24) is 10.6 Å². The van der Waals surface area contributed by atoms with Gasteiger partial charge in [0.2, 0.25) is 5.91 Å². The van der Waals surface area contributed by atoms with Crippen LogP contribution in [0.1, 0.15) is 23.3 Å². The number of aryl methyl sites for hydroxylation is 1. The number of rotatable bonds is 4. The first-order valence-electron chi connectivity index (χ1n) is 9.96. The normalized spacial score (nSPS) is 18.5. The lowest BCUT2D eigenvalue weighted by Gasteiger charge is -2.29. The van der Waals surface area contributed by atoms with E-state index in [0.29, 0.717) is 29.6 Å². The zero-order valence-electron chi connectivity index (χ0n) is 17.0. The molecule has 0 bridgehead atoms. The maximum absolute atomic E-state index is 12.6. The summed E-state index contributed by atoms with van der Waals surface area (Å²) in [7, 11) is 0. The summed E-state index contributed by atoms with van der Waals surface area (Å²) < 4.78 is 5.25. The van der Waals surface area contributed by atoms with E-state index in [0.717, 1.165) is 23.4 Å². The SMILES string of the molecule is C#Cc1ccc(OC(=O)NC2CC(=O)N(c3ccc(N4CCCNC4=O)c(C)c3)C2)s1. The number of benzene rings is 1. The van der Waals surface area contributed by atoms with E-state index in [-0.39, 0.29) is 24.4 Å². The summed E-state index contributed by atoms with van der Waals surface area (Å²) >= 11 is 1.20. The van der Waals surface area contributed by atoms with Crippen molar-refractivity contribution in [3.05, 3.63) is 40.8 Å². The van der Waals surface area contributed by atoms with Gasteiger partial charge in [-0.05, 0) is 49.2 Å². The van der Waals surface area contributed by atoms with E-state index in [4.69, 9.17) is 11.2 Å². The Morgan fingerprint density at radius 3 is 2.84 bits per heavy atom. The summed E-state index contributed by atoms with van der Waals surface area (Å²) in [5, 5.41) is 5.98. The van der Waals surface area contributed by atoms with Gasteiger partial charge in [0, 0.05) is 37.4 Å². The van der Waals surface area contributed by atoms with Crippen molar-refractivity contribution in [2.45, 2.75) is 25.8 Å². The maximum Gasteiger partial charge on any atom is 0.413 e. The van der Waals surface area contributed by atoms with Crippen molar-refractivity contribution in [2.75, 3.05) is 29.4 Å².